The molecule has 19 heavy (non-hydrogen) atoms. The van der Waals surface area contributed by atoms with Crippen LogP contribution < -0.4 is 0 Å². The van der Waals surface area contributed by atoms with Gasteiger partial charge < -0.3 is 14.6 Å². The topological polar surface area (TPSA) is 82.0 Å². The van der Waals surface area contributed by atoms with Crippen LogP contribution in [0.4, 0.5) is 0 Å². The standard InChI is InChI=1S/C13H12N4O2/c14-6-10-7-19-4-3-17(10)13(18)9-1-2-11-12(5-9)16-8-15-11/h1-2,5,8,10H,3-4,7H2,(H,15,16)/t10-/m1/s1. The highest BCUT2D eigenvalue weighted by Gasteiger charge is 2.28. The molecule has 0 spiro atoms. The number of aromatic nitrogens is 2. The lowest BCUT2D eigenvalue weighted by Gasteiger charge is -2.31. The van der Waals surface area contributed by atoms with Gasteiger partial charge in [0.1, 0.15) is 6.04 Å². The van der Waals surface area contributed by atoms with Gasteiger partial charge >= 0.3 is 0 Å². The van der Waals surface area contributed by atoms with Gasteiger partial charge in [-0.05, 0) is 18.2 Å². The zero-order valence-electron chi connectivity index (χ0n) is 10.2. The van der Waals surface area contributed by atoms with Crippen LogP contribution in [-0.4, -0.2) is 46.6 Å². The van der Waals surface area contributed by atoms with Crippen LogP contribution in [0.25, 0.3) is 11.0 Å². The van der Waals surface area contributed by atoms with Crippen molar-refractivity contribution in [2.24, 2.45) is 0 Å². The number of H-pyrrole nitrogens is 1. The van der Waals surface area contributed by atoms with Crippen molar-refractivity contribution in [3.8, 4) is 6.07 Å². The van der Waals surface area contributed by atoms with E-state index in [1.807, 2.05) is 0 Å². The summed E-state index contributed by atoms with van der Waals surface area (Å²) in [4.78, 5) is 21.1. The molecule has 1 saturated heterocycles. The lowest BCUT2D eigenvalue weighted by atomic mass is 10.1. The second kappa shape index (κ2) is 4.71. The molecular weight excluding hydrogens is 244 g/mol. The molecule has 1 amide bonds. The molecule has 0 aliphatic carbocycles. The molecule has 0 radical (unpaired) electrons. The lowest BCUT2D eigenvalue weighted by Crippen LogP contribution is -2.47. The second-order valence-electron chi connectivity index (χ2n) is 4.35. The Hall–Kier alpha value is -2.39. The zero-order valence-corrected chi connectivity index (χ0v) is 10.2. The van der Waals surface area contributed by atoms with Crippen molar-refractivity contribution < 1.29 is 9.53 Å². The Morgan fingerprint density at radius 3 is 3.32 bits per heavy atom. The van der Waals surface area contributed by atoms with Gasteiger partial charge in [-0.3, -0.25) is 4.79 Å². The number of imidazole rings is 1. The average Bonchev–Trinajstić information content (AvgIpc) is 2.93. The SMILES string of the molecule is N#C[C@@H]1COCCN1C(=O)c1ccc2nc[nH]c2c1. The van der Waals surface area contributed by atoms with Gasteiger partial charge in [0.05, 0.1) is 36.6 Å². The first-order valence-corrected chi connectivity index (χ1v) is 6.01. The van der Waals surface area contributed by atoms with E-state index in [0.29, 0.717) is 18.7 Å². The van der Waals surface area contributed by atoms with Crippen molar-refractivity contribution in [3.63, 3.8) is 0 Å². The smallest absolute Gasteiger partial charge is 0.255 e. The van der Waals surface area contributed by atoms with Crippen molar-refractivity contribution >= 4 is 16.9 Å². The highest BCUT2D eigenvalue weighted by atomic mass is 16.5. The number of hydrogen-bond acceptors (Lipinski definition) is 4. The van der Waals surface area contributed by atoms with Crippen LogP contribution in [-0.2, 0) is 4.74 Å². The number of hydrogen-bond donors (Lipinski definition) is 1. The number of carbonyl (C=O) groups excluding carboxylic acids is 1. The minimum absolute atomic E-state index is 0.147. The quantitative estimate of drug-likeness (QED) is 0.822. The fourth-order valence-electron chi connectivity index (χ4n) is 2.19. The zero-order chi connectivity index (χ0) is 13.2. The summed E-state index contributed by atoms with van der Waals surface area (Å²) in [6, 6.07) is 6.86. The summed E-state index contributed by atoms with van der Waals surface area (Å²) in [5, 5.41) is 9.06. The Balaban J connectivity index is 1.91. The van der Waals surface area contributed by atoms with Crippen molar-refractivity contribution in [1.82, 2.24) is 14.9 Å². The number of nitrogens with one attached hydrogen (secondary N) is 1. The number of nitriles is 1. The van der Waals surface area contributed by atoms with Gasteiger partial charge in [-0.1, -0.05) is 0 Å². The summed E-state index contributed by atoms with van der Waals surface area (Å²) >= 11 is 0. The molecule has 3 rings (SSSR count). The van der Waals surface area contributed by atoms with Gasteiger partial charge in [0.15, 0.2) is 0 Å². The first kappa shape index (κ1) is 11.7. The van der Waals surface area contributed by atoms with Crippen LogP contribution in [0, 0.1) is 11.3 Å². The van der Waals surface area contributed by atoms with E-state index >= 15 is 0 Å². The van der Waals surface area contributed by atoms with Gasteiger partial charge in [-0.15, -0.1) is 0 Å². The summed E-state index contributed by atoms with van der Waals surface area (Å²) in [6.45, 7) is 1.18. The van der Waals surface area contributed by atoms with Gasteiger partial charge in [0, 0.05) is 12.1 Å². The van der Waals surface area contributed by atoms with E-state index in [4.69, 9.17) is 10.00 Å². The number of morpholine rings is 1. The number of rotatable bonds is 1. The number of nitrogens with zero attached hydrogens (tertiary/aromatic N) is 3. The predicted octanol–water partition coefficient (Wildman–Crippen LogP) is 0.927. The van der Waals surface area contributed by atoms with Gasteiger partial charge in [-0.2, -0.15) is 5.26 Å². The molecule has 2 heterocycles. The fourth-order valence-corrected chi connectivity index (χ4v) is 2.19. The molecule has 1 N–H and O–H groups in total. The summed E-state index contributed by atoms with van der Waals surface area (Å²) in [5.74, 6) is -0.147. The predicted molar refractivity (Wildman–Crippen MR) is 67.4 cm³/mol. The summed E-state index contributed by atoms with van der Waals surface area (Å²) in [5.41, 5.74) is 2.18. The molecule has 1 aliphatic heterocycles. The fraction of sp³-hybridized carbons (Fsp3) is 0.308. The van der Waals surface area contributed by atoms with E-state index in [1.54, 1.807) is 29.4 Å². The van der Waals surface area contributed by atoms with Crippen molar-refractivity contribution in [1.29, 1.82) is 5.26 Å². The molecule has 1 atom stereocenters. The summed E-state index contributed by atoms with van der Waals surface area (Å²) in [7, 11) is 0. The monoisotopic (exact) mass is 256 g/mol. The number of aromatic amines is 1. The molecule has 96 valence electrons. The van der Waals surface area contributed by atoms with Crippen molar-refractivity contribution in [2.75, 3.05) is 19.8 Å². The Labute approximate surface area is 109 Å². The molecule has 1 fully saturated rings. The Morgan fingerprint density at radius 1 is 1.58 bits per heavy atom. The molecule has 1 aliphatic rings. The third-order valence-electron chi connectivity index (χ3n) is 3.21. The minimum Gasteiger partial charge on any atom is -0.376 e. The third-order valence-corrected chi connectivity index (χ3v) is 3.21. The molecule has 1 aromatic carbocycles. The number of benzene rings is 1. The molecule has 6 heteroatoms. The van der Waals surface area contributed by atoms with E-state index in [9.17, 15) is 4.79 Å². The molecule has 1 aromatic heterocycles. The highest BCUT2D eigenvalue weighted by Crippen LogP contribution is 2.16. The molecule has 2 aromatic rings. The highest BCUT2D eigenvalue weighted by molar-refractivity contribution is 5.97. The van der Waals surface area contributed by atoms with E-state index in [2.05, 4.69) is 16.0 Å². The van der Waals surface area contributed by atoms with E-state index in [-0.39, 0.29) is 12.5 Å². The van der Waals surface area contributed by atoms with Gasteiger partial charge in [0.2, 0.25) is 0 Å². The number of ether oxygens (including phenoxy) is 1. The summed E-state index contributed by atoms with van der Waals surface area (Å²) < 4.78 is 5.21. The van der Waals surface area contributed by atoms with Gasteiger partial charge in [-0.25, -0.2) is 4.98 Å². The Kier molecular flexibility index (Phi) is 2.89. The van der Waals surface area contributed by atoms with Crippen molar-refractivity contribution in [3.05, 3.63) is 30.1 Å². The maximum Gasteiger partial charge on any atom is 0.255 e. The lowest BCUT2D eigenvalue weighted by molar-refractivity contribution is 0.0132. The molecule has 6 nitrogen and oxygen atoms in total. The molecule has 0 saturated carbocycles. The third kappa shape index (κ3) is 2.04. The van der Waals surface area contributed by atoms with E-state index in [0.717, 1.165) is 11.0 Å². The first-order chi connectivity index (χ1) is 9.29. The molecule has 0 unspecified atom stereocenters. The van der Waals surface area contributed by atoms with Crippen molar-refractivity contribution in [2.45, 2.75) is 6.04 Å². The Morgan fingerprint density at radius 2 is 2.47 bits per heavy atom. The molecule has 0 bridgehead atoms. The van der Waals surface area contributed by atoms with E-state index < -0.39 is 6.04 Å². The summed E-state index contributed by atoms with van der Waals surface area (Å²) in [6.07, 6.45) is 1.59. The minimum atomic E-state index is -0.515. The normalized spacial score (nSPS) is 19.3. The number of carbonyl (C=O) groups is 1. The first-order valence-electron chi connectivity index (χ1n) is 6.01. The van der Waals surface area contributed by atoms with E-state index in [1.165, 1.54) is 0 Å². The largest absolute Gasteiger partial charge is 0.376 e. The van der Waals surface area contributed by atoms with Crippen LogP contribution in [0.15, 0.2) is 24.5 Å². The molecular formula is C13H12N4O2. The van der Waals surface area contributed by atoms with Crippen LogP contribution >= 0.6 is 0 Å². The van der Waals surface area contributed by atoms with Crippen LogP contribution in [0.2, 0.25) is 0 Å². The number of fused-ring (bicyclic) bond motifs is 1. The van der Waals surface area contributed by atoms with Crippen LogP contribution in [0.3, 0.4) is 0 Å². The van der Waals surface area contributed by atoms with Crippen LogP contribution in [0.5, 0.6) is 0 Å². The second-order valence-corrected chi connectivity index (χ2v) is 4.35. The Bertz CT molecular complexity index is 658. The van der Waals surface area contributed by atoms with Gasteiger partial charge in [0.25, 0.3) is 5.91 Å². The average molecular weight is 256 g/mol. The number of amides is 1. The maximum absolute atomic E-state index is 12.4. The van der Waals surface area contributed by atoms with Crippen LogP contribution in [0.1, 0.15) is 10.4 Å². The maximum atomic E-state index is 12.4.